The molecule has 0 atom stereocenters. The van der Waals surface area contributed by atoms with Crippen LogP contribution in [0.4, 0.5) is 0 Å². The van der Waals surface area contributed by atoms with Crippen LogP contribution in [0.2, 0.25) is 0 Å². The van der Waals surface area contributed by atoms with E-state index in [2.05, 4.69) is 5.32 Å². The number of benzene rings is 2. The molecule has 0 aromatic heterocycles. The summed E-state index contributed by atoms with van der Waals surface area (Å²) >= 11 is 0. The second kappa shape index (κ2) is 8.07. The highest BCUT2D eigenvalue weighted by Crippen LogP contribution is 2.13. The maximum absolute atomic E-state index is 11.9. The summed E-state index contributed by atoms with van der Waals surface area (Å²) in [5, 5.41) is 11.6. The summed E-state index contributed by atoms with van der Waals surface area (Å²) in [6, 6.07) is 16.8. The third-order valence-electron chi connectivity index (χ3n) is 2.99. The Bertz CT molecular complexity index is 569. The number of hydrogen-bond acceptors (Lipinski definition) is 3. The summed E-state index contributed by atoms with van der Waals surface area (Å²) in [5.74, 6) is 0.666. The Morgan fingerprint density at radius 2 is 1.90 bits per heavy atom. The number of carbonyl (C=O) groups excluding carboxylic acids is 1. The van der Waals surface area contributed by atoms with Crippen molar-refractivity contribution in [2.45, 2.75) is 6.42 Å². The second-order valence-electron chi connectivity index (χ2n) is 4.59. The van der Waals surface area contributed by atoms with Crippen molar-refractivity contribution in [1.82, 2.24) is 5.32 Å². The van der Waals surface area contributed by atoms with Crippen LogP contribution in [0.1, 0.15) is 15.9 Å². The molecule has 21 heavy (non-hydrogen) atoms. The molecule has 2 rings (SSSR count). The van der Waals surface area contributed by atoms with Gasteiger partial charge in [0.1, 0.15) is 12.4 Å². The first-order chi connectivity index (χ1) is 10.3. The predicted molar refractivity (Wildman–Crippen MR) is 81.5 cm³/mol. The number of amides is 1. The number of hydrogen-bond donors (Lipinski definition) is 2. The quantitative estimate of drug-likeness (QED) is 0.818. The largest absolute Gasteiger partial charge is 0.491 e. The maximum Gasteiger partial charge on any atom is 0.251 e. The molecule has 0 aliphatic carbocycles. The molecule has 0 fully saturated rings. The van der Waals surface area contributed by atoms with Gasteiger partial charge in [-0.2, -0.15) is 0 Å². The Labute approximate surface area is 124 Å². The Morgan fingerprint density at radius 3 is 2.67 bits per heavy atom. The van der Waals surface area contributed by atoms with Gasteiger partial charge in [0.05, 0.1) is 6.61 Å². The minimum absolute atomic E-state index is 0.00262. The SMILES string of the molecule is O=C(NCCc1cccc(OCCO)c1)c1ccccc1. The Morgan fingerprint density at radius 1 is 1.10 bits per heavy atom. The summed E-state index contributed by atoms with van der Waals surface area (Å²) in [6.45, 7) is 0.850. The van der Waals surface area contributed by atoms with E-state index >= 15 is 0 Å². The molecule has 2 aromatic carbocycles. The number of nitrogens with one attached hydrogen (secondary N) is 1. The summed E-state index contributed by atoms with van der Waals surface area (Å²) in [6.07, 6.45) is 0.731. The molecule has 0 heterocycles. The monoisotopic (exact) mass is 285 g/mol. The Kier molecular flexibility index (Phi) is 5.79. The fourth-order valence-corrected chi connectivity index (χ4v) is 1.97. The molecule has 110 valence electrons. The molecular weight excluding hydrogens is 266 g/mol. The summed E-state index contributed by atoms with van der Waals surface area (Å²) < 4.78 is 5.36. The predicted octanol–water partition coefficient (Wildman–Crippen LogP) is 2.03. The van der Waals surface area contributed by atoms with Crippen LogP contribution in [0.25, 0.3) is 0 Å². The number of aliphatic hydroxyl groups excluding tert-OH is 1. The summed E-state index contributed by atoms with van der Waals surface area (Å²) in [7, 11) is 0. The Balaban J connectivity index is 1.82. The molecule has 2 aromatic rings. The maximum atomic E-state index is 11.9. The minimum Gasteiger partial charge on any atom is -0.491 e. The van der Waals surface area contributed by atoms with E-state index in [9.17, 15) is 4.79 Å². The van der Waals surface area contributed by atoms with Gasteiger partial charge in [0.15, 0.2) is 0 Å². The molecular formula is C17H19NO3. The molecule has 0 saturated heterocycles. The van der Waals surface area contributed by atoms with E-state index in [1.165, 1.54) is 0 Å². The highest BCUT2D eigenvalue weighted by atomic mass is 16.5. The first-order valence-electron chi connectivity index (χ1n) is 6.95. The van der Waals surface area contributed by atoms with Gasteiger partial charge in [-0.1, -0.05) is 30.3 Å². The molecule has 0 bridgehead atoms. The topological polar surface area (TPSA) is 58.6 Å². The number of aliphatic hydroxyl groups is 1. The van der Waals surface area contributed by atoms with Crippen molar-refractivity contribution in [3.8, 4) is 5.75 Å². The lowest BCUT2D eigenvalue weighted by atomic mass is 10.1. The van der Waals surface area contributed by atoms with Crippen molar-refractivity contribution >= 4 is 5.91 Å². The van der Waals surface area contributed by atoms with E-state index in [0.717, 1.165) is 17.7 Å². The van der Waals surface area contributed by atoms with Crippen molar-refractivity contribution in [2.24, 2.45) is 0 Å². The van der Waals surface area contributed by atoms with Crippen LogP contribution < -0.4 is 10.1 Å². The van der Waals surface area contributed by atoms with Crippen LogP contribution >= 0.6 is 0 Å². The van der Waals surface area contributed by atoms with E-state index in [1.54, 1.807) is 12.1 Å². The molecule has 1 amide bonds. The number of rotatable bonds is 7. The van der Waals surface area contributed by atoms with Crippen LogP contribution in [-0.2, 0) is 6.42 Å². The lowest BCUT2D eigenvalue weighted by Crippen LogP contribution is -2.25. The standard InChI is InChI=1S/C17H19NO3/c19-11-12-21-16-8-4-5-14(13-16)9-10-18-17(20)15-6-2-1-3-7-15/h1-8,13,19H,9-12H2,(H,18,20). The van der Waals surface area contributed by atoms with Gasteiger partial charge >= 0.3 is 0 Å². The fraction of sp³-hybridized carbons (Fsp3) is 0.235. The third kappa shape index (κ3) is 4.93. The van der Waals surface area contributed by atoms with Crippen molar-refractivity contribution in [3.05, 3.63) is 65.7 Å². The average Bonchev–Trinajstić information content (AvgIpc) is 2.54. The lowest BCUT2D eigenvalue weighted by molar-refractivity contribution is 0.0954. The second-order valence-corrected chi connectivity index (χ2v) is 4.59. The van der Waals surface area contributed by atoms with Gasteiger partial charge in [-0.25, -0.2) is 0 Å². The van der Waals surface area contributed by atoms with Crippen molar-refractivity contribution in [2.75, 3.05) is 19.8 Å². The molecule has 0 saturated carbocycles. The van der Waals surface area contributed by atoms with Gasteiger partial charge in [0.25, 0.3) is 5.91 Å². The zero-order chi connectivity index (χ0) is 14.9. The molecule has 2 N–H and O–H groups in total. The highest BCUT2D eigenvalue weighted by Gasteiger charge is 2.03. The van der Waals surface area contributed by atoms with Gasteiger partial charge in [0, 0.05) is 12.1 Å². The zero-order valence-corrected chi connectivity index (χ0v) is 11.8. The minimum atomic E-state index is -0.0664. The fourth-order valence-electron chi connectivity index (χ4n) is 1.97. The zero-order valence-electron chi connectivity index (χ0n) is 11.8. The van der Waals surface area contributed by atoms with E-state index in [1.807, 2.05) is 42.5 Å². The molecule has 0 aliphatic rings. The molecule has 0 unspecified atom stereocenters. The van der Waals surface area contributed by atoms with E-state index < -0.39 is 0 Å². The van der Waals surface area contributed by atoms with Gasteiger partial charge in [-0.05, 0) is 36.2 Å². The Hall–Kier alpha value is -2.33. The molecule has 4 heteroatoms. The van der Waals surface area contributed by atoms with Crippen LogP contribution in [0.3, 0.4) is 0 Å². The van der Waals surface area contributed by atoms with Crippen molar-refractivity contribution in [1.29, 1.82) is 0 Å². The van der Waals surface area contributed by atoms with Gasteiger partial charge in [0.2, 0.25) is 0 Å². The smallest absolute Gasteiger partial charge is 0.251 e. The van der Waals surface area contributed by atoms with Crippen LogP contribution in [-0.4, -0.2) is 30.8 Å². The summed E-state index contributed by atoms with van der Waals surface area (Å²) in [4.78, 5) is 11.9. The van der Waals surface area contributed by atoms with Crippen LogP contribution in [0.15, 0.2) is 54.6 Å². The van der Waals surface area contributed by atoms with Gasteiger partial charge < -0.3 is 15.2 Å². The van der Waals surface area contributed by atoms with Crippen molar-refractivity contribution in [3.63, 3.8) is 0 Å². The molecule has 4 nitrogen and oxygen atoms in total. The molecule has 0 aliphatic heterocycles. The van der Waals surface area contributed by atoms with Gasteiger partial charge in [-0.15, -0.1) is 0 Å². The first-order valence-corrected chi connectivity index (χ1v) is 6.95. The molecule has 0 radical (unpaired) electrons. The normalized spacial score (nSPS) is 10.1. The summed E-state index contributed by atoms with van der Waals surface area (Å²) in [5.41, 5.74) is 1.75. The third-order valence-corrected chi connectivity index (χ3v) is 2.99. The number of ether oxygens (including phenoxy) is 1. The first kappa shape index (κ1) is 15.1. The van der Waals surface area contributed by atoms with E-state index in [-0.39, 0.29) is 19.1 Å². The van der Waals surface area contributed by atoms with E-state index in [0.29, 0.717) is 12.1 Å². The molecule has 0 spiro atoms. The number of carbonyl (C=O) groups is 1. The highest BCUT2D eigenvalue weighted by molar-refractivity contribution is 5.94. The van der Waals surface area contributed by atoms with Gasteiger partial charge in [-0.3, -0.25) is 4.79 Å². The average molecular weight is 285 g/mol. The van der Waals surface area contributed by atoms with E-state index in [4.69, 9.17) is 9.84 Å². The van der Waals surface area contributed by atoms with Crippen LogP contribution in [0.5, 0.6) is 5.75 Å². The van der Waals surface area contributed by atoms with Crippen LogP contribution in [0, 0.1) is 0 Å². The van der Waals surface area contributed by atoms with Crippen molar-refractivity contribution < 1.29 is 14.6 Å². The lowest BCUT2D eigenvalue weighted by Gasteiger charge is -2.08.